The lowest BCUT2D eigenvalue weighted by Gasteiger charge is -2.12. The Bertz CT molecular complexity index is 3090. The summed E-state index contributed by atoms with van der Waals surface area (Å²) in [5, 5.41) is 8.29. The molecule has 0 N–H and O–H groups in total. The van der Waals surface area contributed by atoms with E-state index in [2.05, 4.69) is 106 Å². The zero-order chi connectivity index (χ0) is 30.5. The van der Waals surface area contributed by atoms with E-state index in [1.807, 2.05) is 51.3 Å². The Morgan fingerprint density at radius 3 is 2.04 bits per heavy atom. The maximum atomic E-state index is 14.4. The van der Waals surface area contributed by atoms with Crippen molar-refractivity contribution in [3.05, 3.63) is 123 Å². The van der Waals surface area contributed by atoms with Gasteiger partial charge in [0, 0.05) is 46.6 Å². The summed E-state index contributed by atoms with van der Waals surface area (Å²) in [6.07, 6.45) is 0. The van der Waals surface area contributed by atoms with E-state index in [1.165, 1.54) is 0 Å². The Morgan fingerprint density at radius 2 is 1.22 bits per heavy atom. The molecular formula is C36H14Br4N2O2S. The Morgan fingerprint density at radius 1 is 0.533 bits per heavy atom. The van der Waals surface area contributed by atoms with Gasteiger partial charge in [-0.05, 0) is 96.2 Å². The second kappa shape index (κ2) is 9.14. The predicted molar refractivity (Wildman–Crippen MR) is 202 cm³/mol. The van der Waals surface area contributed by atoms with Gasteiger partial charge in [-0.2, -0.15) is 0 Å². The second-order valence-electron chi connectivity index (χ2n) is 11.3. The molecule has 214 valence electrons. The third kappa shape index (κ3) is 3.35. The molecule has 0 amide bonds. The minimum absolute atomic E-state index is 0.0424. The highest BCUT2D eigenvalue weighted by Gasteiger charge is 2.25. The van der Waals surface area contributed by atoms with Crippen LogP contribution in [0.3, 0.4) is 0 Å². The molecule has 10 aromatic rings. The first-order valence-electron chi connectivity index (χ1n) is 14.0. The summed E-state index contributed by atoms with van der Waals surface area (Å²) in [5.41, 5.74) is 5.37. The summed E-state index contributed by atoms with van der Waals surface area (Å²) < 4.78 is 8.45. The number of aromatic nitrogens is 2. The van der Waals surface area contributed by atoms with Gasteiger partial charge in [-0.25, -0.2) is 0 Å². The quantitative estimate of drug-likeness (QED) is 0.154. The number of thiophene rings is 1. The number of nitrogens with zero attached hydrogens (tertiary/aromatic N) is 2. The Labute approximate surface area is 290 Å². The number of halogens is 4. The monoisotopic (exact) mass is 854 g/mol. The van der Waals surface area contributed by atoms with Gasteiger partial charge in [0.2, 0.25) is 0 Å². The van der Waals surface area contributed by atoms with Crippen molar-refractivity contribution < 1.29 is 0 Å². The molecule has 0 aliphatic heterocycles. The fourth-order valence-corrected chi connectivity index (χ4v) is 10.5. The molecule has 0 saturated carbocycles. The van der Waals surface area contributed by atoms with E-state index in [9.17, 15) is 9.59 Å². The Kier molecular flexibility index (Phi) is 5.45. The molecule has 0 aliphatic carbocycles. The van der Waals surface area contributed by atoms with Crippen molar-refractivity contribution >= 4 is 150 Å². The van der Waals surface area contributed by atoms with Crippen LogP contribution in [0.2, 0.25) is 0 Å². The summed E-state index contributed by atoms with van der Waals surface area (Å²) in [6.45, 7) is 0. The van der Waals surface area contributed by atoms with Crippen molar-refractivity contribution in [2.45, 2.75) is 0 Å². The van der Waals surface area contributed by atoms with Crippen LogP contribution in [0.5, 0.6) is 0 Å². The Balaban J connectivity index is 1.38. The zero-order valence-electron chi connectivity index (χ0n) is 22.7. The van der Waals surface area contributed by atoms with Crippen LogP contribution in [0.4, 0.5) is 0 Å². The lowest BCUT2D eigenvalue weighted by Crippen LogP contribution is -2.13. The molecule has 0 bridgehead atoms. The van der Waals surface area contributed by atoms with Crippen LogP contribution < -0.4 is 11.1 Å². The molecule has 0 unspecified atom stereocenters. The van der Waals surface area contributed by atoms with Crippen LogP contribution >= 0.6 is 75.1 Å². The highest BCUT2D eigenvalue weighted by atomic mass is 79.9. The second-order valence-corrected chi connectivity index (χ2v) is 16.3. The van der Waals surface area contributed by atoms with Crippen LogP contribution in [0.1, 0.15) is 0 Å². The molecule has 45 heavy (non-hydrogen) atoms. The van der Waals surface area contributed by atoms with Gasteiger partial charge in [0.1, 0.15) is 0 Å². The molecule has 0 fully saturated rings. The SMILES string of the molecule is O=c1c2cc(-c3ccc4c5ccccc5c(=O)n5c6c(Br)c(Br)sc6c3c45)ccc2c2cc(Br)cc3c4cc(Br)ccc4n1c23. The number of benzene rings is 5. The molecule has 0 radical (unpaired) electrons. The van der Waals surface area contributed by atoms with Gasteiger partial charge >= 0.3 is 0 Å². The molecule has 0 aliphatic rings. The van der Waals surface area contributed by atoms with E-state index >= 15 is 0 Å². The molecule has 0 atom stereocenters. The van der Waals surface area contributed by atoms with E-state index in [0.717, 1.165) is 92.8 Å². The molecule has 5 heterocycles. The number of pyridine rings is 2. The van der Waals surface area contributed by atoms with Crippen molar-refractivity contribution in [1.29, 1.82) is 0 Å². The highest BCUT2D eigenvalue weighted by Crippen LogP contribution is 2.49. The maximum Gasteiger partial charge on any atom is 0.263 e. The van der Waals surface area contributed by atoms with E-state index < -0.39 is 0 Å². The van der Waals surface area contributed by atoms with Gasteiger partial charge in [-0.15, -0.1) is 11.3 Å². The summed E-state index contributed by atoms with van der Waals surface area (Å²) in [4.78, 5) is 28.4. The number of rotatable bonds is 1. The minimum Gasteiger partial charge on any atom is -0.275 e. The van der Waals surface area contributed by atoms with Crippen molar-refractivity contribution in [2.75, 3.05) is 0 Å². The molecule has 5 aromatic heterocycles. The van der Waals surface area contributed by atoms with Crippen LogP contribution in [-0.2, 0) is 0 Å². The third-order valence-corrected chi connectivity index (χ3v) is 13.5. The van der Waals surface area contributed by atoms with Gasteiger partial charge in [-0.1, -0.05) is 74.3 Å². The standard InChI is InChI=1S/C36H14Br4N2O2S/c37-16-6-10-27-23(12-16)25-14-17(38)13-24-20-7-5-15(11-26(20)36(44)41(27)30(24)25)18-8-9-21-19-3-1-2-4-22(19)35(43)42-31(21)28(18)33-32(42)29(39)34(40)45-33/h1-14H. The summed E-state index contributed by atoms with van der Waals surface area (Å²) in [5.74, 6) is 0. The third-order valence-electron chi connectivity index (χ3n) is 9.13. The van der Waals surface area contributed by atoms with Crippen LogP contribution in [0, 0.1) is 0 Å². The smallest absolute Gasteiger partial charge is 0.263 e. The molecular weight excluding hydrogens is 844 g/mol. The van der Waals surface area contributed by atoms with E-state index in [4.69, 9.17) is 0 Å². The van der Waals surface area contributed by atoms with E-state index in [-0.39, 0.29) is 11.1 Å². The maximum absolute atomic E-state index is 14.4. The Hall–Kier alpha value is -3.34. The summed E-state index contributed by atoms with van der Waals surface area (Å²) in [6, 6.07) is 28.5. The van der Waals surface area contributed by atoms with Gasteiger partial charge in [0.05, 0.1) is 35.0 Å². The summed E-state index contributed by atoms with van der Waals surface area (Å²) >= 11 is 16.4. The van der Waals surface area contributed by atoms with E-state index in [1.54, 1.807) is 11.3 Å². The average molecular weight is 858 g/mol. The number of fused-ring (bicyclic) bond motifs is 10. The number of hydrogen-bond donors (Lipinski definition) is 0. The van der Waals surface area contributed by atoms with Crippen molar-refractivity contribution in [1.82, 2.24) is 8.80 Å². The minimum atomic E-state index is -0.0496. The molecule has 9 heteroatoms. The van der Waals surface area contributed by atoms with Gasteiger partial charge in [-0.3, -0.25) is 18.4 Å². The van der Waals surface area contributed by atoms with Crippen LogP contribution in [-0.4, -0.2) is 8.80 Å². The molecule has 10 rings (SSSR count). The van der Waals surface area contributed by atoms with Crippen LogP contribution in [0.25, 0.3) is 86.4 Å². The fourth-order valence-electron chi connectivity index (χ4n) is 7.34. The normalized spacial score (nSPS) is 12.6. The summed E-state index contributed by atoms with van der Waals surface area (Å²) in [7, 11) is 0. The fraction of sp³-hybridized carbons (Fsp3) is 0. The lowest BCUT2D eigenvalue weighted by molar-refractivity contribution is 1.20. The highest BCUT2D eigenvalue weighted by molar-refractivity contribution is 9.13. The first-order valence-corrected chi connectivity index (χ1v) is 18.0. The molecule has 4 nitrogen and oxygen atoms in total. The molecule has 0 saturated heterocycles. The lowest BCUT2D eigenvalue weighted by atomic mass is 9.95. The first kappa shape index (κ1) is 26.8. The number of hydrogen-bond acceptors (Lipinski definition) is 3. The van der Waals surface area contributed by atoms with Gasteiger partial charge in [0.25, 0.3) is 11.1 Å². The zero-order valence-corrected chi connectivity index (χ0v) is 29.9. The first-order chi connectivity index (χ1) is 21.8. The van der Waals surface area contributed by atoms with Crippen LogP contribution in [0.15, 0.2) is 112 Å². The predicted octanol–water partition coefficient (Wildman–Crippen LogP) is 11.5. The topological polar surface area (TPSA) is 43.0 Å². The van der Waals surface area contributed by atoms with Gasteiger partial charge < -0.3 is 0 Å². The van der Waals surface area contributed by atoms with Crippen molar-refractivity contribution in [2.24, 2.45) is 0 Å². The van der Waals surface area contributed by atoms with E-state index in [0.29, 0.717) is 10.8 Å². The molecule has 0 spiro atoms. The van der Waals surface area contributed by atoms with Crippen molar-refractivity contribution in [3.63, 3.8) is 0 Å². The van der Waals surface area contributed by atoms with Crippen molar-refractivity contribution in [3.8, 4) is 11.1 Å². The molecule has 5 aromatic carbocycles. The average Bonchev–Trinajstić information content (AvgIpc) is 3.65. The largest absolute Gasteiger partial charge is 0.275 e. The van der Waals surface area contributed by atoms with Gasteiger partial charge in [0.15, 0.2) is 0 Å².